The minimum absolute atomic E-state index is 0.126. The summed E-state index contributed by atoms with van der Waals surface area (Å²) in [6, 6.07) is 1.60. The molecule has 0 aliphatic carbocycles. The third-order valence-electron chi connectivity index (χ3n) is 1.93. The van der Waals surface area contributed by atoms with E-state index in [9.17, 15) is 13.2 Å². The van der Waals surface area contributed by atoms with Crippen molar-refractivity contribution in [3.05, 3.63) is 29.8 Å². The molecule has 0 bridgehead atoms. The minimum atomic E-state index is -4.45. The quantitative estimate of drug-likeness (QED) is 0.831. The van der Waals surface area contributed by atoms with Crippen LogP contribution in [0, 0.1) is 0 Å². The minimum Gasteiger partial charge on any atom is -0.477 e. The molecule has 0 spiro atoms. The summed E-state index contributed by atoms with van der Waals surface area (Å²) in [5.74, 6) is -0.344. The molecule has 17 heavy (non-hydrogen) atoms. The topological polar surface area (TPSA) is 48.1 Å². The monoisotopic (exact) mass is 246 g/mol. The number of pyridine rings is 1. The van der Waals surface area contributed by atoms with E-state index in [2.05, 4.69) is 11.6 Å². The van der Waals surface area contributed by atoms with Crippen molar-refractivity contribution in [3.8, 4) is 5.88 Å². The fourth-order valence-electron chi connectivity index (χ4n) is 1.09. The van der Waals surface area contributed by atoms with E-state index in [1.54, 1.807) is 6.92 Å². The molecule has 3 nitrogen and oxygen atoms in total. The van der Waals surface area contributed by atoms with Crippen LogP contribution in [0.25, 0.3) is 0 Å². The number of nitrogens with two attached hydrogens (primary N) is 1. The van der Waals surface area contributed by atoms with E-state index in [0.717, 1.165) is 17.7 Å². The zero-order chi connectivity index (χ0) is 13.1. The van der Waals surface area contributed by atoms with E-state index in [4.69, 9.17) is 10.5 Å². The standard InChI is InChI=1S/C11H13F3N2O/c1-7(2)3-4-17-10-6-8(11(12,13)14)5-9(15)16-10/h5-6H,1,3-4H2,2H3,(H2,15,16). The largest absolute Gasteiger partial charge is 0.477 e. The zero-order valence-corrected chi connectivity index (χ0v) is 9.34. The van der Waals surface area contributed by atoms with Gasteiger partial charge in [-0.2, -0.15) is 18.2 Å². The number of hydrogen-bond acceptors (Lipinski definition) is 3. The Bertz CT molecular complexity index is 416. The molecule has 1 aromatic heterocycles. The fraction of sp³-hybridized carbons (Fsp3) is 0.364. The molecule has 0 aliphatic rings. The molecule has 0 atom stereocenters. The molecular formula is C11H13F3N2O. The van der Waals surface area contributed by atoms with Crippen molar-refractivity contribution in [1.82, 2.24) is 4.98 Å². The van der Waals surface area contributed by atoms with E-state index in [1.807, 2.05) is 0 Å². The van der Waals surface area contributed by atoms with E-state index >= 15 is 0 Å². The lowest BCUT2D eigenvalue weighted by Gasteiger charge is -2.10. The van der Waals surface area contributed by atoms with Gasteiger partial charge in [-0.1, -0.05) is 5.57 Å². The highest BCUT2D eigenvalue weighted by Gasteiger charge is 2.31. The van der Waals surface area contributed by atoms with Crippen molar-refractivity contribution in [1.29, 1.82) is 0 Å². The molecule has 0 fully saturated rings. The highest BCUT2D eigenvalue weighted by Crippen LogP contribution is 2.31. The maximum absolute atomic E-state index is 12.4. The summed E-state index contributed by atoms with van der Waals surface area (Å²) in [5.41, 5.74) is 5.29. The first kappa shape index (κ1) is 13.3. The highest BCUT2D eigenvalue weighted by atomic mass is 19.4. The molecule has 0 saturated heterocycles. The van der Waals surface area contributed by atoms with Gasteiger partial charge in [-0.15, -0.1) is 6.58 Å². The molecule has 0 radical (unpaired) electrons. The van der Waals surface area contributed by atoms with Crippen molar-refractivity contribution in [2.45, 2.75) is 19.5 Å². The Morgan fingerprint density at radius 2 is 2.12 bits per heavy atom. The third kappa shape index (κ3) is 4.34. The van der Waals surface area contributed by atoms with Gasteiger partial charge in [0.15, 0.2) is 0 Å². The predicted molar refractivity (Wildman–Crippen MR) is 58.6 cm³/mol. The Balaban J connectivity index is 2.79. The van der Waals surface area contributed by atoms with Crippen LogP contribution in [0.4, 0.5) is 19.0 Å². The molecule has 0 aromatic carbocycles. The Morgan fingerprint density at radius 3 is 2.65 bits per heavy atom. The summed E-state index contributed by atoms with van der Waals surface area (Å²) in [7, 11) is 0. The van der Waals surface area contributed by atoms with Gasteiger partial charge in [0.25, 0.3) is 0 Å². The zero-order valence-electron chi connectivity index (χ0n) is 9.34. The van der Waals surface area contributed by atoms with Crippen LogP contribution in [0.1, 0.15) is 18.9 Å². The first-order valence-corrected chi connectivity index (χ1v) is 4.91. The second kappa shape index (κ2) is 5.07. The average molecular weight is 246 g/mol. The summed E-state index contributed by atoms with van der Waals surface area (Å²) in [6.07, 6.45) is -3.90. The summed E-state index contributed by atoms with van der Waals surface area (Å²) >= 11 is 0. The summed E-state index contributed by atoms with van der Waals surface area (Å²) in [6.45, 7) is 5.68. The number of nitrogens with zero attached hydrogens (tertiary/aromatic N) is 1. The lowest BCUT2D eigenvalue weighted by molar-refractivity contribution is -0.137. The van der Waals surface area contributed by atoms with Crippen molar-refractivity contribution in [2.24, 2.45) is 0 Å². The number of alkyl halides is 3. The van der Waals surface area contributed by atoms with Crippen molar-refractivity contribution < 1.29 is 17.9 Å². The van der Waals surface area contributed by atoms with Gasteiger partial charge in [0.1, 0.15) is 5.82 Å². The average Bonchev–Trinajstić information content (AvgIpc) is 2.14. The smallest absolute Gasteiger partial charge is 0.416 e. The Labute approximate surface area is 97.1 Å². The van der Waals surface area contributed by atoms with Crippen LogP contribution in [0.5, 0.6) is 5.88 Å². The molecule has 1 rings (SSSR count). The lowest BCUT2D eigenvalue weighted by Crippen LogP contribution is -2.08. The molecule has 1 aromatic rings. The van der Waals surface area contributed by atoms with Gasteiger partial charge in [-0.3, -0.25) is 0 Å². The van der Waals surface area contributed by atoms with Gasteiger partial charge >= 0.3 is 6.18 Å². The summed E-state index contributed by atoms with van der Waals surface area (Å²) in [4.78, 5) is 3.67. The van der Waals surface area contributed by atoms with Gasteiger partial charge in [-0.05, 0) is 13.0 Å². The third-order valence-corrected chi connectivity index (χ3v) is 1.93. The molecule has 0 amide bonds. The van der Waals surface area contributed by atoms with Gasteiger partial charge in [0.2, 0.25) is 5.88 Å². The van der Waals surface area contributed by atoms with Crippen LogP contribution < -0.4 is 10.5 Å². The SMILES string of the molecule is C=C(C)CCOc1cc(C(F)(F)F)cc(N)n1. The number of halogens is 3. The number of nitrogen functional groups attached to an aromatic ring is 1. The molecule has 1 heterocycles. The van der Waals surface area contributed by atoms with Crippen LogP contribution in [-0.4, -0.2) is 11.6 Å². The first-order chi connectivity index (χ1) is 7.79. The van der Waals surface area contributed by atoms with Crippen LogP contribution in [0.3, 0.4) is 0 Å². The van der Waals surface area contributed by atoms with Crippen LogP contribution >= 0.6 is 0 Å². The van der Waals surface area contributed by atoms with E-state index in [-0.39, 0.29) is 18.3 Å². The van der Waals surface area contributed by atoms with Crippen LogP contribution in [0.2, 0.25) is 0 Å². The molecular weight excluding hydrogens is 233 g/mol. The normalized spacial score (nSPS) is 11.3. The van der Waals surface area contributed by atoms with Crippen molar-refractivity contribution in [2.75, 3.05) is 12.3 Å². The number of hydrogen-bond donors (Lipinski definition) is 1. The fourth-order valence-corrected chi connectivity index (χ4v) is 1.09. The molecule has 0 unspecified atom stereocenters. The first-order valence-electron chi connectivity index (χ1n) is 4.91. The van der Waals surface area contributed by atoms with Gasteiger partial charge in [-0.25, -0.2) is 0 Å². The Morgan fingerprint density at radius 1 is 1.47 bits per heavy atom. The van der Waals surface area contributed by atoms with Crippen molar-refractivity contribution >= 4 is 5.82 Å². The van der Waals surface area contributed by atoms with Gasteiger partial charge < -0.3 is 10.5 Å². The van der Waals surface area contributed by atoms with E-state index in [0.29, 0.717) is 6.42 Å². The summed E-state index contributed by atoms with van der Waals surface area (Å²) in [5, 5.41) is 0. The van der Waals surface area contributed by atoms with Gasteiger partial charge in [0, 0.05) is 12.5 Å². The molecule has 0 saturated carbocycles. The molecule has 6 heteroatoms. The van der Waals surface area contributed by atoms with E-state index in [1.165, 1.54) is 0 Å². The number of anilines is 1. The Hall–Kier alpha value is -1.72. The van der Waals surface area contributed by atoms with E-state index < -0.39 is 11.7 Å². The summed E-state index contributed by atoms with van der Waals surface area (Å²) < 4.78 is 42.4. The van der Waals surface area contributed by atoms with Crippen LogP contribution in [0.15, 0.2) is 24.3 Å². The number of rotatable bonds is 4. The molecule has 94 valence electrons. The molecule has 2 N–H and O–H groups in total. The van der Waals surface area contributed by atoms with Gasteiger partial charge in [0.05, 0.1) is 12.2 Å². The second-order valence-electron chi connectivity index (χ2n) is 3.67. The lowest BCUT2D eigenvalue weighted by atomic mass is 10.2. The highest BCUT2D eigenvalue weighted by molar-refractivity contribution is 5.38. The maximum atomic E-state index is 12.4. The number of ether oxygens (including phenoxy) is 1. The van der Waals surface area contributed by atoms with Crippen LogP contribution in [-0.2, 0) is 6.18 Å². The predicted octanol–water partition coefficient (Wildman–Crippen LogP) is 3.03. The Kier molecular flexibility index (Phi) is 3.98. The molecule has 0 aliphatic heterocycles. The second-order valence-corrected chi connectivity index (χ2v) is 3.67. The maximum Gasteiger partial charge on any atom is 0.416 e. The van der Waals surface area contributed by atoms with Crippen molar-refractivity contribution in [3.63, 3.8) is 0 Å². The number of aromatic nitrogens is 1.